The summed E-state index contributed by atoms with van der Waals surface area (Å²) in [6.45, 7) is 2.96. The van der Waals surface area contributed by atoms with Crippen LogP contribution in [0.25, 0.3) is 6.08 Å². The first-order valence-corrected chi connectivity index (χ1v) is 14.2. The van der Waals surface area contributed by atoms with Gasteiger partial charge in [0.1, 0.15) is 17.1 Å². The molecular weight excluding hydrogens is 628 g/mol. The Kier molecular flexibility index (Phi) is 9.36. The fraction of sp³-hybridized carbons (Fsp3) is 0.118. The monoisotopic (exact) mass is 654 g/mol. The maximum Gasteiger partial charge on any atom is 0.519 e. The summed E-state index contributed by atoms with van der Waals surface area (Å²) in [5.41, 5.74) is -0.641. The molecule has 0 aliphatic carbocycles. The van der Waals surface area contributed by atoms with Gasteiger partial charge in [0, 0.05) is 12.8 Å². The summed E-state index contributed by atoms with van der Waals surface area (Å²) in [5, 5.41) is 24.9. The summed E-state index contributed by atoms with van der Waals surface area (Å²) < 4.78 is 19.9. The molecular formula is C34H26N2O12. The molecule has 0 fully saturated rings. The molecule has 0 saturated carbocycles. The molecule has 0 unspecified atom stereocenters. The standard InChI is InChI=1S/C34H26N2O12/c1-17-25(47-33(43)45-17)15-20-10-6-12-22(31(39)40)27(20)35-29(37)24(14-19-8-4-3-5-9-19)30(38)36-28-21(11-7-13-23(28)32(41)42)16-26-18(2)46-34(44)48-26/h3-14H,15-16H2,1-2H3,(H,35,37)(H,36,38)(H,39,40)(H,41,42). The Hall–Kier alpha value is -6.70. The second-order valence-corrected chi connectivity index (χ2v) is 10.4. The van der Waals surface area contributed by atoms with Crippen LogP contribution in [0.15, 0.2) is 99.6 Å². The Balaban J connectivity index is 1.56. The van der Waals surface area contributed by atoms with Gasteiger partial charge in [0.25, 0.3) is 11.8 Å². The largest absolute Gasteiger partial charge is 0.519 e. The van der Waals surface area contributed by atoms with Gasteiger partial charge in [-0.3, -0.25) is 9.59 Å². The van der Waals surface area contributed by atoms with Crippen LogP contribution in [-0.4, -0.2) is 34.0 Å². The molecule has 0 bridgehead atoms. The highest BCUT2D eigenvalue weighted by atomic mass is 16.6. The molecule has 2 amide bonds. The molecule has 14 heteroatoms. The van der Waals surface area contributed by atoms with Crippen molar-refractivity contribution in [2.75, 3.05) is 10.6 Å². The second-order valence-electron chi connectivity index (χ2n) is 10.4. The maximum atomic E-state index is 13.9. The van der Waals surface area contributed by atoms with Gasteiger partial charge in [-0.25, -0.2) is 19.2 Å². The molecule has 0 atom stereocenters. The van der Waals surface area contributed by atoms with Crippen molar-refractivity contribution in [1.82, 2.24) is 0 Å². The molecule has 0 radical (unpaired) electrons. The molecule has 5 rings (SSSR count). The zero-order valence-corrected chi connectivity index (χ0v) is 25.3. The third-order valence-corrected chi connectivity index (χ3v) is 7.21. The lowest BCUT2D eigenvalue weighted by Crippen LogP contribution is -2.27. The summed E-state index contributed by atoms with van der Waals surface area (Å²) in [6.07, 6.45) is 0.962. The van der Waals surface area contributed by atoms with Crippen LogP contribution in [0.1, 0.15) is 60.4 Å². The predicted octanol–water partition coefficient (Wildman–Crippen LogP) is 4.63. The Bertz CT molecular complexity index is 2060. The van der Waals surface area contributed by atoms with Gasteiger partial charge in [0.05, 0.1) is 22.5 Å². The van der Waals surface area contributed by atoms with Gasteiger partial charge in [-0.05, 0) is 48.7 Å². The number of aryl methyl sites for hydroxylation is 2. The quantitative estimate of drug-likeness (QED) is 0.0870. The summed E-state index contributed by atoms with van der Waals surface area (Å²) in [6, 6.07) is 16.6. The van der Waals surface area contributed by atoms with Crippen molar-refractivity contribution in [2.45, 2.75) is 26.7 Å². The van der Waals surface area contributed by atoms with Gasteiger partial charge in [0.15, 0.2) is 11.5 Å². The number of amides is 2. The van der Waals surface area contributed by atoms with Crippen molar-refractivity contribution < 1.29 is 47.1 Å². The van der Waals surface area contributed by atoms with Crippen molar-refractivity contribution in [1.29, 1.82) is 0 Å². The first-order chi connectivity index (χ1) is 22.9. The minimum Gasteiger partial charge on any atom is -0.478 e. The normalized spacial score (nSPS) is 10.7. The predicted molar refractivity (Wildman–Crippen MR) is 168 cm³/mol. The number of carbonyl (C=O) groups is 4. The van der Waals surface area contributed by atoms with Crippen LogP contribution in [0, 0.1) is 13.8 Å². The van der Waals surface area contributed by atoms with Crippen molar-refractivity contribution in [3.8, 4) is 0 Å². The zero-order chi connectivity index (χ0) is 34.5. The lowest BCUT2D eigenvalue weighted by molar-refractivity contribution is -0.118. The van der Waals surface area contributed by atoms with Crippen LogP contribution < -0.4 is 22.3 Å². The number of anilines is 2. The van der Waals surface area contributed by atoms with Gasteiger partial charge in [-0.1, -0.05) is 54.6 Å². The van der Waals surface area contributed by atoms with E-state index in [9.17, 15) is 39.0 Å². The molecule has 5 aromatic rings. The van der Waals surface area contributed by atoms with Crippen LogP contribution in [0.3, 0.4) is 0 Å². The minimum absolute atomic E-state index is 0.0948. The Morgan fingerprint density at radius 2 is 1.06 bits per heavy atom. The van der Waals surface area contributed by atoms with E-state index in [1.807, 2.05) is 0 Å². The second kappa shape index (κ2) is 13.7. The number of aromatic carboxylic acids is 2. The van der Waals surface area contributed by atoms with Crippen LogP contribution in [-0.2, 0) is 22.4 Å². The van der Waals surface area contributed by atoms with E-state index in [0.29, 0.717) is 5.56 Å². The van der Waals surface area contributed by atoms with Crippen molar-refractivity contribution in [2.24, 2.45) is 0 Å². The number of hydrogen-bond acceptors (Lipinski definition) is 10. The zero-order valence-electron chi connectivity index (χ0n) is 25.3. The van der Waals surface area contributed by atoms with Gasteiger partial charge in [0.2, 0.25) is 0 Å². The van der Waals surface area contributed by atoms with Gasteiger partial charge in [-0.2, -0.15) is 0 Å². The van der Waals surface area contributed by atoms with E-state index < -0.39 is 41.0 Å². The molecule has 4 N–H and O–H groups in total. The number of para-hydroxylation sites is 2. The number of carboxylic acid groups (broad SMARTS) is 2. The molecule has 3 aromatic carbocycles. The molecule has 0 saturated heterocycles. The molecule has 0 aliphatic heterocycles. The fourth-order valence-electron chi connectivity index (χ4n) is 4.88. The highest BCUT2D eigenvalue weighted by Gasteiger charge is 2.26. The van der Waals surface area contributed by atoms with E-state index in [-0.39, 0.29) is 69.5 Å². The van der Waals surface area contributed by atoms with E-state index in [4.69, 9.17) is 17.7 Å². The molecule has 14 nitrogen and oxygen atoms in total. The van der Waals surface area contributed by atoms with E-state index in [1.54, 1.807) is 30.3 Å². The average Bonchev–Trinajstić information content (AvgIpc) is 3.54. The van der Waals surface area contributed by atoms with Gasteiger partial charge < -0.3 is 38.5 Å². The lowest BCUT2D eigenvalue weighted by Gasteiger charge is -2.17. The summed E-state index contributed by atoms with van der Waals surface area (Å²) in [7, 11) is 0. The van der Waals surface area contributed by atoms with E-state index >= 15 is 0 Å². The highest BCUT2D eigenvalue weighted by Crippen LogP contribution is 2.28. The lowest BCUT2D eigenvalue weighted by atomic mass is 10.0. The Morgan fingerprint density at radius 3 is 1.44 bits per heavy atom. The first-order valence-electron chi connectivity index (χ1n) is 14.2. The van der Waals surface area contributed by atoms with Crippen LogP contribution in [0.4, 0.5) is 11.4 Å². The molecule has 0 aliphatic rings. The summed E-state index contributed by atoms with van der Waals surface area (Å²) in [5.74, 6) is -6.29. The van der Waals surface area contributed by atoms with E-state index in [0.717, 1.165) is 0 Å². The van der Waals surface area contributed by atoms with E-state index in [2.05, 4.69) is 10.6 Å². The van der Waals surface area contributed by atoms with Gasteiger partial charge >= 0.3 is 23.6 Å². The SMILES string of the molecule is Cc1oc(=O)oc1Cc1cccc(C(=O)O)c1NC(=O)C(=Cc1ccccc1)C(=O)Nc1c(Cc2oc(=O)oc2C)cccc1C(=O)O. The average molecular weight is 655 g/mol. The number of nitrogens with one attached hydrogen (secondary N) is 2. The number of rotatable bonds is 11. The van der Waals surface area contributed by atoms with Crippen LogP contribution in [0.5, 0.6) is 0 Å². The number of hydrogen-bond donors (Lipinski definition) is 4. The van der Waals surface area contributed by atoms with Crippen molar-refractivity contribution >= 4 is 41.2 Å². The molecule has 0 spiro atoms. The smallest absolute Gasteiger partial charge is 0.478 e. The summed E-state index contributed by atoms with van der Waals surface area (Å²) in [4.78, 5) is 75.5. The number of benzene rings is 3. The molecule has 2 heterocycles. The van der Waals surface area contributed by atoms with E-state index in [1.165, 1.54) is 56.3 Å². The number of carboxylic acids is 2. The van der Waals surface area contributed by atoms with Gasteiger partial charge in [-0.15, -0.1) is 0 Å². The third kappa shape index (κ3) is 7.23. The topological polar surface area (TPSA) is 219 Å². The first kappa shape index (κ1) is 32.7. The van der Waals surface area contributed by atoms with Crippen LogP contribution >= 0.6 is 0 Å². The van der Waals surface area contributed by atoms with Crippen molar-refractivity contribution in [3.05, 3.63) is 144 Å². The Labute approximate surface area is 269 Å². The molecule has 244 valence electrons. The Morgan fingerprint density at radius 1 is 0.625 bits per heavy atom. The highest BCUT2D eigenvalue weighted by molar-refractivity contribution is 6.29. The fourth-order valence-corrected chi connectivity index (χ4v) is 4.88. The minimum atomic E-state index is -1.39. The maximum absolute atomic E-state index is 13.9. The number of carbonyl (C=O) groups excluding carboxylic acids is 2. The molecule has 48 heavy (non-hydrogen) atoms. The third-order valence-electron chi connectivity index (χ3n) is 7.21. The molecule has 2 aromatic heterocycles. The van der Waals surface area contributed by atoms with Crippen LogP contribution in [0.2, 0.25) is 0 Å². The summed E-state index contributed by atoms with van der Waals surface area (Å²) >= 11 is 0. The van der Waals surface area contributed by atoms with Crippen molar-refractivity contribution in [3.63, 3.8) is 0 Å².